The summed E-state index contributed by atoms with van der Waals surface area (Å²) in [7, 11) is -2.97. The molecule has 0 unspecified atom stereocenters. The molecule has 0 radical (unpaired) electrons. The van der Waals surface area contributed by atoms with Gasteiger partial charge in [-0.15, -0.1) is 0 Å². The number of amides is 2. The van der Waals surface area contributed by atoms with E-state index in [9.17, 15) is 22.8 Å². The Morgan fingerprint density at radius 2 is 1.60 bits per heavy atom. The van der Waals surface area contributed by atoms with Crippen LogP contribution >= 0.6 is 0 Å². The molecule has 20 heavy (non-hydrogen) atoms. The number of nitrogens with one attached hydrogen (secondary N) is 1. The monoisotopic (exact) mass is 303 g/mol. The number of imide groups is 1. The van der Waals surface area contributed by atoms with E-state index in [-0.39, 0.29) is 23.0 Å². The first kappa shape index (κ1) is 16.4. The predicted octanol–water partition coefficient (Wildman–Crippen LogP) is -0.127. The molecule has 7 nitrogen and oxygen atoms in total. The molecule has 8 heteroatoms. The Labute approximate surface area is 117 Å². The zero-order valence-corrected chi connectivity index (χ0v) is 11.9. The van der Waals surface area contributed by atoms with Crippen LogP contribution in [0.1, 0.15) is 25.7 Å². The minimum absolute atomic E-state index is 0.317. The summed E-state index contributed by atoms with van der Waals surface area (Å²) in [4.78, 5) is 30.6. The molecule has 1 aliphatic heterocycles. The quantitative estimate of drug-likeness (QED) is 0.686. The summed E-state index contributed by atoms with van der Waals surface area (Å²) >= 11 is 0. The lowest BCUT2D eigenvalue weighted by Crippen LogP contribution is -2.29. The number of carbonyl (C=O) groups excluding carboxylic acids is 2. The molecule has 0 bridgehead atoms. The van der Waals surface area contributed by atoms with Gasteiger partial charge in [0.1, 0.15) is 9.84 Å². The van der Waals surface area contributed by atoms with Gasteiger partial charge in [-0.05, 0) is 25.7 Å². The number of sulfone groups is 1. The van der Waals surface area contributed by atoms with Crippen molar-refractivity contribution in [2.45, 2.75) is 30.9 Å². The van der Waals surface area contributed by atoms with Crippen LogP contribution in [0.25, 0.3) is 0 Å². The summed E-state index contributed by atoms with van der Waals surface area (Å²) in [6, 6.07) is 0. The molecular weight excluding hydrogens is 286 g/mol. The number of carboxylic acids is 1. The van der Waals surface area contributed by atoms with Crippen LogP contribution in [0, 0.1) is 5.92 Å². The minimum atomic E-state index is -2.97. The molecular formula is C12H17NO6S. The molecule has 2 N–H and O–H groups in total. The number of rotatable bonds is 2. The van der Waals surface area contributed by atoms with Crippen molar-refractivity contribution < 1.29 is 27.9 Å². The van der Waals surface area contributed by atoms with Gasteiger partial charge in [0.25, 0.3) is 11.8 Å². The van der Waals surface area contributed by atoms with Gasteiger partial charge in [0, 0.05) is 18.4 Å². The summed E-state index contributed by atoms with van der Waals surface area (Å²) in [6.45, 7) is 0. The Morgan fingerprint density at radius 3 is 1.85 bits per heavy atom. The lowest BCUT2D eigenvalue weighted by atomic mass is 9.89. The van der Waals surface area contributed by atoms with E-state index >= 15 is 0 Å². The fraction of sp³-hybridized carbons (Fsp3) is 0.583. The van der Waals surface area contributed by atoms with Gasteiger partial charge in [-0.25, -0.2) is 8.42 Å². The van der Waals surface area contributed by atoms with Crippen molar-refractivity contribution in [3.05, 3.63) is 12.2 Å². The van der Waals surface area contributed by atoms with Crippen molar-refractivity contribution in [3.63, 3.8) is 0 Å². The van der Waals surface area contributed by atoms with Gasteiger partial charge in [-0.1, -0.05) is 0 Å². The van der Waals surface area contributed by atoms with Crippen LogP contribution < -0.4 is 5.32 Å². The van der Waals surface area contributed by atoms with Gasteiger partial charge in [0.15, 0.2) is 0 Å². The van der Waals surface area contributed by atoms with Gasteiger partial charge in [-0.2, -0.15) is 0 Å². The van der Waals surface area contributed by atoms with Crippen molar-refractivity contribution >= 4 is 27.6 Å². The van der Waals surface area contributed by atoms with Crippen LogP contribution in [-0.4, -0.2) is 42.8 Å². The van der Waals surface area contributed by atoms with Crippen molar-refractivity contribution in [3.8, 4) is 0 Å². The zero-order chi connectivity index (χ0) is 15.3. The molecule has 1 heterocycles. The first-order chi connectivity index (χ1) is 9.20. The molecule has 2 amide bonds. The first-order valence-corrected chi connectivity index (χ1v) is 8.10. The van der Waals surface area contributed by atoms with Crippen LogP contribution in [-0.2, 0) is 24.2 Å². The Morgan fingerprint density at radius 1 is 1.15 bits per heavy atom. The third kappa shape index (κ3) is 5.12. The maximum atomic E-state index is 11.1. The van der Waals surface area contributed by atoms with Crippen LogP contribution in [0.2, 0.25) is 0 Å². The van der Waals surface area contributed by atoms with Gasteiger partial charge >= 0.3 is 5.97 Å². The largest absolute Gasteiger partial charge is 0.481 e. The third-order valence-corrected chi connectivity index (χ3v) is 4.94. The summed E-state index contributed by atoms with van der Waals surface area (Å²) < 4.78 is 22.2. The second-order valence-corrected chi connectivity index (χ2v) is 7.15. The maximum Gasteiger partial charge on any atom is 0.306 e. The van der Waals surface area contributed by atoms with Crippen molar-refractivity contribution in [1.29, 1.82) is 0 Å². The summed E-state index contributed by atoms with van der Waals surface area (Å²) in [5.41, 5.74) is 0. The van der Waals surface area contributed by atoms with Gasteiger partial charge < -0.3 is 5.11 Å². The van der Waals surface area contributed by atoms with E-state index in [0.29, 0.717) is 25.7 Å². The van der Waals surface area contributed by atoms with Crippen LogP contribution in [0.5, 0.6) is 0 Å². The second-order valence-electron chi connectivity index (χ2n) is 4.83. The Balaban J connectivity index is 0.000000240. The highest BCUT2D eigenvalue weighted by Crippen LogP contribution is 2.28. The van der Waals surface area contributed by atoms with E-state index in [4.69, 9.17) is 5.11 Å². The van der Waals surface area contributed by atoms with Gasteiger partial charge in [0.05, 0.1) is 11.2 Å². The number of aliphatic carboxylic acids is 1. The second kappa shape index (κ2) is 6.65. The highest BCUT2D eigenvalue weighted by Gasteiger charge is 2.30. The number of hydrogen-bond acceptors (Lipinski definition) is 5. The first-order valence-electron chi connectivity index (χ1n) is 6.15. The molecule has 112 valence electrons. The van der Waals surface area contributed by atoms with E-state index in [1.54, 1.807) is 0 Å². The Kier molecular flexibility index (Phi) is 5.43. The van der Waals surface area contributed by atoms with Gasteiger partial charge in [-0.3, -0.25) is 19.7 Å². The summed E-state index contributed by atoms with van der Waals surface area (Å²) in [6.07, 6.45) is 5.59. The normalized spacial score (nSPS) is 25.6. The van der Waals surface area contributed by atoms with E-state index in [0.717, 1.165) is 0 Å². The van der Waals surface area contributed by atoms with Crippen molar-refractivity contribution in [1.82, 2.24) is 5.32 Å². The van der Waals surface area contributed by atoms with E-state index in [1.807, 2.05) is 5.32 Å². The summed E-state index contributed by atoms with van der Waals surface area (Å²) in [5, 5.41) is 10.4. The average Bonchev–Trinajstić information content (AvgIpc) is 2.73. The van der Waals surface area contributed by atoms with Crippen molar-refractivity contribution in [2.24, 2.45) is 5.92 Å². The topological polar surface area (TPSA) is 118 Å². The standard InChI is InChI=1S/C8H14O4S.C4H3NO2/c1-13(11,12)7-4-2-6(3-5-7)8(9)10;6-3-1-2-4(7)5-3/h6-7H,2-5H2,1H3,(H,9,10);1-2H,(H,5,6,7). The zero-order valence-electron chi connectivity index (χ0n) is 11.0. The molecule has 1 saturated carbocycles. The molecule has 0 aromatic rings. The fourth-order valence-corrected chi connectivity index (χ4v) is 3.22. The van der Waals surface area contributed by atoms with Crippen LogP contribution in [0.15, 0.2) is 12.2 Å². The fourth-order valence-electron chi connectivity index (χ4n) is 2.09. The maximum absolute atomic E-state index is 11.1. The SMILES string of the molecule is CS(=O)(=O)C1CCC(C(=O)O)CC1.O=C1C=CC(=O)N1. The molecule has 0 aromatic carbocycles. The average molecular weight is 303 g/mol. The molecule has 0 atom stereocenters. The van der Waals surface area contributed by atoms with E-state index in [1.165, 1.54) is 18.4 Å². The van der Waals surface area contributed by atoms with E-state index in [2.05, 4.69) is 0 Å². The van der Waals surface area contributed by atoms with Crippen LogP contribution in [0.3, 0.4) is 0 Å². The molecule has 2 rings (SSSR count). The third-order valence-electron chi connectivity index (χ3n) is 3.26. The predicted molar refractivity (Wildman–Crippen MR) is 70.5 cm³/mol. The molecule has 1 fully saturated rings. The smallest absolute Gasteiger partial charge is 0.306 e. The molecule has 2 aliphatic rings. The lowest BCUT2D eigenvalue weighted by Gasteiger charge is -2.24. The van der Waals surface area contributed by atoms with E-state index < -0.39 is 15.8 Å². The van der Waals surface area contributed by atoms with Gasteiger partial charge in [0.2, 0.25) is 0 Å². The highest BCUT2D eigenvalue weighted by atomic mass is 32.2. The summed E-state index contributed by atoms with van der Waals surface area (Å²) in [5.74, 6) is -1.79. The Hall–Kier alpha value is -1.70. The number of carbonyl (C=O) groups is 3. The van der Waals surface area contributed by atoms with Crippen LogP contribution in [0.4, 0.5) is 0 Å². The lowest BCUT2D eigenvalue weighted by molar-refractivity contribution is -0.142. The minimum Gasteiger partial charge on any atom is -0.481 e. The highest BCUT2D eigenvalue weighted by molar-refractivity contribution is 7.91. The number of carboxylic acid groups (broad SMARTS) is 1. The molecule has 0 saturated heterocycles. The molecule has 0 aromatic heterocycles. The van der Waals surface area contributed by atoms with Crippen molar-refractivity contribution in [2.75, 3.05) is 6.26 Å². The Bertz CT molecular complexity index is 512. The molecule has 0 spiro atoms. The molecule has 1 aliphatic carbocycles. The number of hydrogen-bond donors (Lipinski definition) is 2.